The number of nitrogens with zero attached hydrogens (tertiary/aromatic N) is 3. The van der Waals surface area contributed by atoms with Crippen molar-refractivity contribution in [2.45, 2.75) is 0 Å². The summed E-state index contributed by atoms with van der Waals surface area (Å²) in [5.74, 6) is 0. The first-order valence-corrected chi connectivity index (χ1v) is 6.68. The summed E-state index contributed by atoms with van der Waals surface area (Å²) in [5, 5.41) is 20.8. The highest BCUT2D eigenvalue weighted by atomic mass is 15.1. The average molecular weight is 276 g/mol. The molecule has 0 aliphatic heterocycles. The minimum absolute atomic E-state index is 0.662. The normalized spacial score (nSPS) is 9.48. The van der Waals surface area contributed by atoms with Crippen molar-refractivity contribution in [3.8, 4) is 12.1 Å². The Morgan fingerprint density at radius 2 is 1.43 bits per heavy atom. The average Bonchev–Trinajstić information content (AvgIpc) is 2.55. The molecule has 4 nitrogen and oxygen atoms in total. The molecule has 0 saturated heterocycles. The van der Waals surface area contributed by atoms with Gasteiger partial charge in [0.1, 0.15) is 0 Å². The summed E-state index contributed by atoms with van der Waals surface area (Å²) in [4.78, 5) is 2.12. The number of nitriles is 2. The first-order valence-electron chi connectivity index (χ1n) is 6.68. The van der Waals surface area contributed by atoms with Crippen LogP contribution in [0, 0.1) is 22.7 Å². The molecule has 0 aliphatic rings. The van der Waals surface area contributed by atoms with Gasteiger partial charge in [-0.2, -0.15) is 10.5 Å². The highest BCUT2D eigenvalue weighted by Crippen LogP contribution is 2.13. The van der Waals surface area contributed by atoms with Gasteiger partial charge in [0.2, 0.25) is 0 Å². The summed E-state index contributed by atoms with van der Waals surface area (Å²) in [5.41, 5.74) is 3.41. The lowest BCUT2D eigenvalue weighted by molar-refractivity contribution is 0.914. The van der Waals surface area contributed by atoms with Crippen LogP contribution in [0.3, 0.4) is 0 Å². The monoisotopic (exact) mass is 276 g/mol. The molecular formula is C17H16N4. The molecule has 0 aromatic heterocycles. The molecular weight excluding hydrogens is 260 g/mol. The van der Waals surface area contributed by atoms with Gasteiger partial charge >= 0.3 is 0 Å². The van der Waals surface area contributed by atoms with Gasteiger partial charge in [0.15, 0.2) is 0 Å². The van der Waals surface area contributed by atoms with Crippen LogP contribution in [0.4, 0.5) is 11.4 Å². The molecule has 2 rings (SSSR count). The minimum atomic E-state index is 0.662. The number of hydrogen-bond donors (Lipinski definition) is 1. The molecule has 0 atom stereocenters. The zero-order valence-electron chi connectivity index (χ0n) is 11.9. The van der Waals surface area contributed by atoms with Crippen LogP contribution in [-0.2, 0) is 0 Å². The van der Waals surface area contributed by atoms with Crippen LogP contribution in [-0.4, -0.2) is 20.1 Å². The van der Waals surface area contributed by atoms with Gasteiger partial charge in [-0.25, -0.2) is 0 Å². The van der Waals surface area contributed by atoms with E-state index in [1.165, 1.54) is 0 Å². The second kappa shape index (κ2) is 6.98. The Morgan fingerprint density at radius 3 is 1.95 bits per heavy atom. The predicted molar refractivity (Wildman–Crippen MR) is 84.1 cm³/mol. The Morgan fingerprint density at radius 1 is 0.905 bits per heavy atom. The molecule has 0 spiro atoms. The third-order valence-electron chi connectivity index (χ3n) is 3.23. The molecule has 0 unspecified atom stereocenters. The third-order valence-corrected chi connectivity index (χ3v) is 3.23. The van der Waals surface area contributed by atoms with Crippen LogP contribution < -0.4 is 10.2 Å². The van der Waals surface area contributed by atoms with Crippen molar-refractivity contribution in [2.75, 3.05) is 30.4 Å². The largest absolute Gasteiger partial charge is 0.383 e. The number of likely N-dealkylation sites (N-methyl/N-ethyl adjacent to an activating group) is 1. The van der Waals surface area contributed by atoms with E-state index in [-0.39, 0.29) is 0 Å². The fourth-order valence-corrected chi connectivity index (χ4v) is 1.95. The van der Waals surface area contributed by atoms with Crippen molar-refractivity contribution in [3.63, 3.8) is 0 Å². The van der Waals surface area contributed by atoms with Crippen molar-refractivity contribution >= 4 is 11.4 Å². The molecule has 0 saturated carbocycles. The molecule has 104 valence electrons. The number of nitrogens with one attached hydrogen (secondary N) is 1. The van der Waals surface area contributed by atoms with Gasteiger partial charge in [-0.05, 0) is 48.5 Å². The number of benzene rings is 2. The van der Waals surface area contributed by atoms with Gasteiger partial charge in [-0.1, -0.05) is 0 Å². The minimum Gasteiger partial charge on any atom is -0.383 e. The summed E-state index contributed by atoms with van der Waals surface area (Å²) in [6.45, 7) is 1.63. The fraction of sp³-hybridized carbons (Fsp3) is 0.176. The summed E-state index contributed by atoms with van der Waals surface area (Å²) in [6.07, 6.45) is 0. The molecule has 2 aromatic carbocycles. The molecule has 0 amide bonds. The van der Waals surface area contributed by atoms with Gasteiger partial charge < -0.3 is 10.2 Å². The number of hydrogen-bond acceptors (Lipinski definition) is 4. The van der Waals surface area contributed by atoms with Gasteiger partial charge in [0, 0.05) is 31.5 Å². The quantitative estimate of drug-likeness (QED) is 0.912. The van der Waals surface area contributed by atoms with E-state index in [2.05, 4.69) is 22.4 Å². The summed E-state index contributed by atoms with van der Waals surface area (Å²) in [7, 11) is 2.02. The smallest absolute Gasteiger partial charge is 0.0991 e. The Kier molecular flexibility index (Phi) is 4.79. The van der Waals surface area contributed by atoms with E-state index in [9.17, 15) is 0 Å². The zero-order valence-corrected chi connectivity index (χ0v) is 11.9. The van der Waals surface area contributed by atoms with E-state index in [4.69, 9.17) is 10.5 Å². The fourth-order valence-electron chi connectivity index (χ4n) is 1.95. The first kappa shape index (κ1) is 14.4. The van der Waals surface area contributed by atoms with E-state index in [0.29, 0.717) is 11.1 Å². The predicted octanol–water partition coefficient (Wildman–Crippen LogP) is 2.98. The summed E-state index contributed by atoms with van der Waals surface area (Å²) in [6, 6.07) is 19.1. The van der Waals surface area contributed by atoms with Crippen molar-refractivity contribution in [1.29, 1.82) is 10.5 Å². The van der Waals surface area contributed by atoms with E-state index in [1.807, 2.05) is 43.4 Å². The molecule has 4 heteroatoms. The second-order valence-electron chi connectivity index (χ2n) is 4.70. The lowest BCUT2D eigenvalue weighted by atomic mass is 10.2. The van der Waals surface area contributed by atoms with E-state index < -0.39 is 0 Å². The van der Waals surface area contributed by atoms with E-state index in [1.54, 1.807) is 12.1 Å². The Labute approximate surface area is 124 Å². The van der Waals surface area contributed by atoms with Crippen LogP contribution in [0.1, 0.15) is 11.1 Å². The molecule has 21 heavy (non-hydrogen) atoms. The van der Waals surface area contributed by atoms with E-state index >= 15 is 0 Å². The standard InChI is InChI=1S/C17H16N4/c1-21(17-8-4-15(13-19)5-9-17)11-10-20-16-6-2-14(12-18)3-7-16/h2-9,20H,10-11H2,1H3. The highest BCUT2D eigenvalue weighted by molar-refractivity contribution is 5.50. The van der Waals surface area contributed by atoms with Crippen LogP contribution in [0.15, 0.2) is 48.5 Å². The van der Waals surface area contributed by atoms with Crippen LogP contribution in [0.5, 0.6) is 0 Å². The lowest BCUT2D eigenvalue weighted by Gasteiger charge is -2.19. The third kappa shape index (κ3) is 3.99. The molecule has 0 bridgehead atoms. The van der Waals surface area contributed by atoms with Crippen molar-refractivity contribution in [3.05, 3.63) is 59.7 Å². The van der Waals surface area contributed by atoms with Crippen LogP contribution >= 0.6 is 0 Å². The van der Waals surface area contributed by atoms with Gasteiger partial charge in [0.25, 0.3) is 0 Å². The number of rotatable bonds is 5. The SMILES string of the molecule is CN(CCNc1ccc(C#N)cc1)c1ccc(C#N)cc1. The molecule has 0 heterocycles. The van der Waals surface area contributed by atoms with Gasteiger partial charge in [-0.15, -0.1) is 0 Å². The van der Waals surface area contributed by atoms with Crippen molar-refractivity contribution in [2.24, 2.45) is 0 Å². The Hall–Kier alpha value is -2.98. The summed E-state index contributed by atoms with van der Waals surface area (Å²) < 4.78 is 0. The maximum atomic E-state index is 8.78. The molecule has 0 fully saturated rings. The Bertz CT molecular complexity index is 660. The second-order valence-corrected chi connectivity index (χ2v) is 4.70. The lowest BCUT2D eigenvalue weighted by Crippen LogP contribution is -2.24. The van der Waals surface area contributed by atoms with Crippen molar-refractivity contribution in [1.82, 2.24) is 0 Å². The van der Waals surface area contributed by atoms with E-state index in [0.717, 1.165) is 24.5 Å². The molecule has 2 aromatic rings. The maximum absolute atomic E-state index is 8.78. The Balaban J connectivity index is 1.84. The molecule has 0 aliphatic carbocycles. The summed E-state index contributed by atoms with van der Waals surface area (Å²) >= 11 is 0. The van der Waals surface area contributed by atoms with Gasteiger partial charge in [-0.3, -0.25) is 0 Å². The topological polar surface area (TPSA) is 62.9 Å². The highest BCUT2D eigenvalue weighted by Gasteiger charge is 2.01. The molecule has 0 radical (unpaired) electrons. The van der Waals surface area contributed by atoms with Crippen LogP contribution in [0.25, 0.3) is 0 Å². The zero-order chi connectivity index (χ0) is 15.1. The van der Waals surface area contributed by atoms with Gasteiger partial charge in [0.05, 0.1) is 23.3 Å². The van der Waals surface area contributed by atoms with Crippen LogP contribution in [0.2, 0.25) is 0 Å². The maximum Gasteiger partial charge on any atom is 0.0991 e. The molecule has 1 N–H and O–H groups in total. The van der Waals surface area contributed by atoms with Crippen molar-refractivity contribution < 1.29 is 0 Å². The number of anilines is 2. The first-order chi connectivity index (χ1) is 10.2.